The highest BCUT2D eigenvalue weighted by molar-refractivity contribution is 5.69. The Morgan fingerprint density at radius 1 is 1.22 bits per heavy atom. The zero-order valence-corrected chi connectivity index (χ0v) is 11.6. The molecule has 1 aromatic carbocycles. The summed E-state index contributed by atoms with van der Waals surface area (Å²) in [5, 5.41) is 0. The normalized spacial score (nSPS) is 10.3. The minimum absolute atomic E-state index is 0.0591. The molecule has 0 saturated carbocycles. The van der Waals surface area contributed by atoms with Gasteiger partial charge in [-0.25, -0.2) is 0 Å². The zero-order valence-electron chi connectivity index (χ0n) is 11.6. The lowest BCUT2D eigenvalue weighted by Crippen LogP contribution is -2.04. The first-order valence-electron chi connectivity index (χ1n) is 6.93. The summed E-state index contributed by atoms with van der Waals surface area (Å²) >= 11 is 0. The van der Waals surface area contributed by atoms with Gasteiger partial charge in [-0.15, -0.1) is 0 Å². The number of carbonyl (C=O) groups excluding carboxylic acids is 1. The summed E-state index contributed by atoms with van der Waals surface area (Å²) in [5.41, 5.74) is 2.72. The van der Waals surface area contributed by atoms with Crippen LogP contribution in [0.5, 0.6) is 0 Å². The van der Waals surface area contributed by atoms with Crippen molar-refractivity contribution in [1.29, 1.82) is 0 Å². The van der Waals surface area contributed by atoms with Gasteiger partial charge >= 0.3 is 5.97 Å². The van der Waals surface area contributed by atoms with E-state index in [1.54, 1.807) is 0 Å². The van der Waals surface area contributed by atoms with Crippen LogP contribution in [0.15, 0.2) is 24.3 Å². The van der Waals surface area contributed by atoms with Gasteiger partial charge in [-0.3, -0.25) is 4.79 Å². The largest absolute Gasteiger partial charge is 0.466 e. The SMILES string of the molecule is CCCC(=O)OCCCCCc1cccc(C)c1. The maximum atomic E-state index is 11.1. The van der Waals surface area contributed by atoms with Gasteiger partial charge in [-0.05, 0) is 44.6 Å². The Morgan fingerprint density at radius 2 is 2.06 bits per heavy atom. The Morgan fingerprint density at radius 3 is 2.78 bits per heavy atom. The molecule has 0 fully saturated rings. The first-order valence-corrected chi connectivity index (χ1v) is 6.93. The molecule has 0 spiro atoms. The number of ether oxygens (including phenoxy) is 1. The summed E-state index contributed by atoms with van der Waals surface area (Å²) in [5.74, 6) is -0.0591. The highest BCUT2D eigenvalue weighted by Gasteiger charge is 2.00. The van der Waals surface area contributed by atoms with Crippen molar-refractivity contribution in [3.8, 4) is 0 Å². The van der Waals surface area contributed by atoms with Crippen LogP contribution >= 0.6 is 0 Å². The third kappa shape index (κ3) is 6.43. The van der Waals surface area contributed by atoms with Crippen LogP contribution in [-0.2, 0) is 16.0 Å². The second-order valence-corrected chi connectivity index (χ2v) is 4.77. The van der Waals surface area contributed by atoms with E-state index >= 15 is 0 Å². The van der Waals surface area contributed by atoms with Crippen molar-refractivity contribution < 1.29 is 9.53 Å². The molecular formula is C16H24O2. The van der Waals surface area contributed by atoms with E-state index in [4.69, 9.17) is 4.74 Å². The second kappa shape index (κ2) is 8.73. The van der Waals surface area contributed by atoms with E-state index < -0.39 is 0 Å². The van der Waals surface area contributed by atoms with Crippen molar-refractivity contribution in [2.24, 2.45) is 0 Å². The van der Waals surface area contributed by atoms with Gasteiger partial charge in [0.15, 0.2) is 0 Å². The molecule has 0 radical (unpaired) electrons. The van der Waals surface area contributed by atoms with Gasteiger partial charge in [0, 0.05) is 6.42 Å². The minimum Gasteiger partial charge on any atom is -0.466 e. The lowest BCUT2D eigenvalue weighted by Gasteiger charge is -2.04. The lowest BCUT2D eigenvalue weighted by atomic mass is 10.1. The molecule has 0 aliphatic carbocycles. The van der Waals surface area contributed by atoms with Gasteiger partial charge in [0.1, 0.15) is 0 Å². The Labute approximate surface area is 110 Å². The topological polar surface area (TPSA) is 26.3 Å². The quantitative estimate of drug-likeness (QED) is 0.512. The standard InChI is InChI=1S/C16H24O2/c1-3-8-16(17)18-12-6-4-5-10-15-11-7-9-14(2)13-15/h7,9,11,13H,3-6,8,10,12H2,1-2H3. The lowest BCUT2D eigenvalue weighted by molar-refractivity contribution is -0.143. The van der Waals surface area contributed by atoms with Crippen LogP contribution in [0.2, 0.25) is 0 Å². The molecule has 0 atom stereocenters. The van der Waals surface area contributed by atoms with Crippen molar-refractivity contribution in [3.63, 3.8) is 0 Å². The van der Waals surface area contributed by atoms with Crippen molar-refractivity contribution in [1.82, 2.24) is 0 Å². The smallest absolute Gasteiger partial charge is 0.305 e. The third-order valence-corrected chi connectivity index (χ3v) is 2.91. The summed E-state index contributed by atoms with van der Waals surface area (Å²) in [6.07, 6.45) is 5.78. The Hall–Kier alpha value is -1.31. The van der Waals surface area contributed by atoms with E-state index in [1.807, 2.05) is 6.92 Å². The third-order valence-electron chi connectivity index (χ3n) is 2.91. The van der Waals surface area contributed by atoms with E-state index in [-0.39, 0.29) is 5.97 Å². The van der Waals surface area contributed by atoms with Crippen molar-refractivity contribution in [3.05, 3.63) is 35.4 Å². The highest BCUT2D eigenvalue weighted by atomic mass is 16.5. The Bertz CT molecular complexity index is 358. The van der Waals surface area contributed by atoms with E-state index in [2.05, 4.69) is 31.2 Å². The predicted octanol–water partition coefficient (Wildman–Crippen LogP) is 4.05. The van der Waals surface area contributed by atoms with E-state index in [0.29, 0.717) is 13.0 Å². The molecule has 0 bridgehead atoms. The fraction of sp³-hybridized carbons (Fsp3) is 0.562. The number of hydrogen-bond donors (Lipinski definition) is 0. The molecule has 1 aromatic rings. The number of benzene rings is 1. The first kappa shape index (κ1) is 14.7. The summed E-state index contributed by atoms with van der Waals surface area (Å²) in [6, 6.07) is 8.64. The molecule has 0 unspecified atom stereocenters. The molecule has 0 aliphatic heterocycles. The number of unbranched alkanes of at least 4 members (excludes halogenated alkanes) is 2. The number of carbonyl (C=O) groups is 1. The van der Waals surface area contributed by atoms with Crippen LogP contribution in [0, 0.1) is 6.92 Å². The molecule has 0 aromatic heterocycles. The molecule has 18 heavy (non-hydrogen) atoms. The van der Waals surface area contributed by atoms with Crippen LogP contribution in [0.25, 0.3) is 0 Å². The molecule has 0 saturated heterocycles. The molecule has 100 valence electrons. The molecule has 0 aliphatic rings. The van der Waals surface area contributed by atoms with Crippen molar-refractivity contribution >= 4 is 5.97 Å². The number of esters is 1. The second-order valence-electron chi connectivity index (χ2n) is 4.77. The van der Waals surface area contributed by atoms with Crippen LogP contribution in [-0.4, -0.2) is 12.6 Å². The molecule has 1 rings (SSSR count). The van der Waals surface area contributed by atoms with Gasteiger partial charge in [-0.1, -0.05) is 36.8 Å². The highest BCUT2D eigenvalue weighted by Crippen LogP contribution is 2.09. The summed E-state index contributed by atoms with van der Waals surface area (Å²) in [6.45, 7) is 4.69. The molecular weight excluding hydrogens is 224 g/mol. The Kier molecular flexibility index (Phi) is 7.16. The van der Waals surface area contributed by atoms with Gasteiger partial charge in [-0.2, -0.15) is 0 Å². The van der Waals surface area contributed by atoms with Crippen LogP contribution in [0.1, 0.15) is 50.2 Å². The van der Waals surface area contributed by atoms with E-state index in [9.17, 15) is 4.79 Å². The fourth-order valence-electron chi connectivity index (χ4n) is 1.94. The van der Waals surface area contributed by atoms with Gasteiger partial charge in [0.25, 0.3) is 0 Å². The summed E-state index contributed by atoms with van der Waals surface area (Å²) in [4.78, 5) is 11.1. The Balaban J connectivity index is 2.04. The predicted molar refractivity (Wildman–Crippen MR) is 74.6 cm³/mol. The van der Waals surface area contributed by atoms with Crippen LogP contribution in [0.4, 0.5) is 0 Å². The number of rotatable bonds is 8. The van der Waals surface area contributed by atoms with Gasteiger partial charge < -0.3 is 4.74 Å². The number of aryl methyl sites for hydroxylation is 2. The van der Waals surface area contributed by atoms with Crippen LogP contribution in [0.3, 0.4) is 0 Å². The zero-order chi connectivity index (χ0) is 13.2. The molecule has 0 heterocycles. The van der Waals surface area contributed by atoms with E-state index in [0.717, 1.165) is 32.1 Å². The van der Waals surface area contributed by atoms with Gasteiger partial charge in [0.2, 0.25) is 0 Å². The van der Waals surface area contributed by atoms with Gasteiger partial charge in [0.05, 0.1) is 6.61 Å². The molecule has 0 amide bonds. The molecule has 0 N–H and O–H groups in total. The maximum absolute atomic E-state index is 11.1. The summed E-state index contributed by atoms with van der Waals surface area (Å²) < 4.78 is 5.11. The molecule has 2 nitrogen and oxygen atoms in total. The van der Waals surface area contributed by atoms with Crippen LogP contribution < -0.4 is 0 Å². The first-order chi connectivity index (χ1) is 8.72. The van der Waals surface area contributed by atoms with Crippen molar-refractivity contribution in [2.75, 3.05) is 6.61 Å². The fourth-order valence-corrected chi connectivity index (χ4v) is 1.94. The monoisotopic (exact) mass is 248 g/mol. The average Bonchev–Trinajstić information content (AvgIpc) is 2.34. The molecule has 2 heteroatoms. The average molecular weight is 248 g/mol. The van der Waals surface area contributed by atoms with E-state index in [1.165, 1.54) is 11.1 Å². The maximum Gasteiger partial charge on any atom is 0.305 e. The summed E-state index contributed by atoms with van der Waals surface area (Å²) in [7, 11) is 0. The number of hydrogen-bond acceptors (Lipinski definition) is 2. The minimum atomic E-state index is -0.0591. The van der Waals surface area contributed by atoms with Crippen molar-refractivity contribution in [2.45, 2.75) is 52.4 Å².